The van der Waals surface area contributed by atoms with E-state index in [-0.39, 0.29) is 6.61 Å². The molecule has 0 amide bonds. The molecule has 6 nitrogen and oxygen atoms in total. The van der Waals surface area contributed by atoms with Crippen LogP contribution in [-0.4, -0.2) is 64.8 Å². The van der Waals surface area contributed by atoms with Gasteiger partial charge in [-0.05, 0) is 26.7 Å². The number of aryl methyl sites for hydroxylation is 1. The fourth-order valence-electron chi connectivity index (χ4n) is 3.30. The van der Waals surface area contributed by atoms with E-state index in [0.717, 1.165) is 50.2 Å². The summed E-state index contributed by atoms with van der Waals surface area (Å²) in [5.74, 6) is 0. The molecule has 6 heteroatoms. The lowest BCUT2D eigenvalue weighted by atomic mass is 10.2. The molecule has 1 saturated heterocycles. The van der Waals surface area contributed by atoms with Crippen LogP contribution >= 0.6 is 0 Å². The van der Waals surface area contributed by atoms with Gasteiger partial charge in [0.1, 0.15) is 0 Å². The van der Waals surface area contributed by atoms with E-state index in [2.05, 4.69) is 22.2 Å². The van der Waals surface area contributed by atoms with E-state index in [1.807, 2.05) is 11.6 Å². The van der Waals surface area contributed by atoms with Crippen molar-refractivity contribution < 1.29 is 9.84 Å². The second-order valence-corrected chi connectivity index (χ2v) is 6.45. The van der Waals surface area contributed by atoms with E-state index in [1.165, 1.54) is 18.4 Å². The zero-order valence-corrected chi connectivity index (χ0v) is 13.7. The summed E-state index contributed by atoms with van der Waals surface area (Å²) in [6, 6.07) is 0.826. The van der Waals surface area contributed by atoms with Crippen LogP contribution in [0.1, 0.15) is 29.8 Å². The van der Waals surface area contributed by atoms with Gasteiger partial charge in [-0.15, -0.1) is 0 Å². The Bertz CT molecular complexity index is 499. The monoisotopic (exact) mass is 308 g/mol. The van der Waals surface area contributed by atoms with E-state index < -0.39 is 0 Å². The van der Waals surface area contributed by atoms with Gasteiger partial charge in [0.25, 0.3) is 0 Å². The summed E-state index contributed by atoms with van der Waals surface area (Å²) in [6.07, 6.45) is 3.02. The van der Waals surface area contributed by atoms with Crippen molar-refractivity contribution in [3.63, 3.8) is 0 Å². The Morgan fingerprint density at radius 2 is 2.18 bits per heavy atom. The predicted octanol–water partition coefficient (Wildman–Crippen LogP) is 0.445. The number of aliphatic hydroxyl groups excluding tert-OH is 1. The minimum Gasteiger partial charge on any atom is -0.394 e. The molecular formula is C16H28N4O2. The zero-order chi connectivity index (χ0) is 15.5. The minimum absolute atomic E-state index is 0.127. The van der Waals surface area contributed by atoms with E-state index in [1.54, 1.807) is 0 Å². The van der Waals surface area contributed by atoms with Gasteiger partial charge in [0, 0.05) is 43.5 Å². The minimum atomic E-state index is 0.127. The number of hydrogen-bond acceptors (Lipinski definition) is 5. The summed E-state index contributed by atoms with van der Waals surface area (Å²) in [7, 11) is 0. The Labute approximate surface area is 132 Å². The van der Waals surface area contributed by atoms with Gasteiger partial charge in [-0.25, -0.2) is 0 Å². The van der Waals surface area contributed by atoms with Gasteiger partial charge in [-0.3, -0.25) is 9.58 Å². The highest BCUT2D eigenvalue weighted by molar-refractivity contribution is 5.24. The average Bonchev–Trinajstić information content (AvgIpc) is 3.32. The molecule has 0 spiro atoms. The maximum absolute atomic E-state index is 9.07. The highest BCUT2D eigenvalue weighted by atomic mass is 16.5. The first-order valence-electron chi connectivity index (χ1n) is 8.39. The molecule has 2 fully saturated rings. The maximum atomic E-state index is 9.07. The summed E-state index contributed by atoms with van der Waals surface area (Å²) in [4.78, 5) is 2.58. The number of nitrogens with zero attached hydrogens (tertiary/aromatic N) is 3. The van der Waals surface area contributed by atoms with Crippen molar-refractivity contribution in [2.24, 2.45) is 0 Å². The van der Waals surface area contributed by atoms with Gasteiger partial charge in [-0.1, -0.05) is 0 Å². The molecule has 2 N–H and O–H groups in total. The fraction of sp³-hybridized carbons (Fsp3) is 0.812. The number of aromatic nitrogens is 2. The lowest BCUT2D eigenvalue weighted by Crippen LogP contribution is -2.47. The number of rotatable bonds is 7. The quantitative estimate of drug-likeness (QED) is 0.765. The first-order chi connectivity index (χ1) is 10.7. The fourth-order valence-corrected chi connectivity index (χ4v) is 3.30. The molecule has 124 valence electrons. The van der Waals surface area contributed by atoms with Crippen LogP contribution in [0.3, 0.4) is 0 Å². The second kappa shape index (κ2) is 7.08. The number of nitrogens with one attached hydrogen (secondary N) is 1. The molecule has 1 aliphatic heterocycles. The van der Waals surface area contributed by atoms with Crippen LogP contribution in [0.25, 0.3) is 0 Å². The number of morpholine rings is 1. The first kappa shape index (κ1) is 15.9. The summed E-state index contributed by atoms with van der Waals surface area (Å²) >= 11 is 0. The Morgan fingerprint density at radius 1 is 1.36 bits per heavy atom. The molecule has 1 atom stereocenters. The first-order valence-corrected chi connectivity index (χ1v) is 8.39. The predicted molar refractivity (Wildman–Crippen MR) is 84.8 cm³/mol. The molecule has 1 aromatic rings. The second-order valence-electron chi connectivity index (χ2n) is 6.45. The van der Waals surface area contributed by atoms with Crippen LogP contribution in [0.5, 0.6) is 0 Å². The van der Waals surface area contributed by atoms with E-state index in [4.69, 9.17) is 9.84 Å². The van der Waals surface area contributed by atoms with Crippen molar-refractivity contribution in [2.45, 2.75) is 51.9 Å². The lowest BCUT2D eigenvalue weighted by molar-refractivity contribution is -0.0301. The van der Waals surface area contributed by atoms with E-state index >= 15 is 0 Å². The van der Waals surface area contributed by atoms with Gasteiger partial charge in [-0.2, -0.15) is 5.10 Å². The molecular weight excluding hydrogens is 280 g/mol. The van der Waals surface area contributed by atoms with Gasteiger partial charge >= 0.3 is 0 Å². The topological polar surface area (TPSA) is 62.5 Å². The van der Waals surface area contributed by atoms with Crippen molar-refractivity contribution in [2.75, 3.05) is 32.8 Å². The largest absolute Gasteiger partial charge is 0.394 e. The van der Waals surface area contributed by atoms with Gasteiger partial charge < -0.3 is 15.2 Å². The van der Waals surface area contributed by atoms with E-state index in [9.17, 15) is 0 Å². The Kier molecular flexibility index (Phi) is 5.13. The van der Waals surface area contributed by atoms with Crippen molar-refractivity contribution in [1.82, 2.24) is 20.0 Å². The number of hydrogen-bond donors (Lipinski definition) is 2. The summed E-state index contributed by atoms with van der Waals surface area (Å²) in [5, 5.41) is 17.1. The molecule has 0 radical (unpaired) electrons. The van der Waals surface area contributed by atoms with Gasteiger partial charge in [0.05, 0.1) is 31.6 Å². The van der Waals surface area contributed by atoms with Crippen LogP contribution in [0.4, 0.5) is 0 Å². The highest BCUT2D eigenvalue weighted by Crippen LogP contribution is 2.28. The summed E-state index contributed by atoms with van der Waals surface area (Å²) < 4.78 is 7.76. The van der Waals surface area contributed by atoms with E-state index in [0.29, 0.717) is 12.6 Å². The Balaban J connectivity index is 1.48. The van der Waals surface area contributed by atoms with Crippen LogP contribution in [-0.2, 0) is 17.8 Å². The van der Waals surface area contributed by atoms with Crippen molar-refractivity contribution >= 4 is 0 Å². The van der Waals surface area contributed by atoms with Crippen molar-refractivity contribution in [1.29, 1.82) is 0 Å². The van der Waals surface area contributed by atoms with Crippen LogP contribution in [0.2, 0.25) is 0 Å². The van der Waals surface area contributed by atoms with Crippen LogP contribution < -0.4 is 5.32 Å². The van der Waals surface area contributed by atoms with Crippen LogP contribution in [0, 0.1) is 13.8 Å². The molecule has 0 aromatic carbocycles. The maximum Gasteiger partial charge on any atom is 0.0826 e. The standard InChI is InChI=1S/C16H28N4O2/c1-12-16(13(2)20(18-12)5-7-21)10-17-9-15-11-19(6-8-22-15)14-3-4-14/h14-15,17,21H,3-11H2,1-2H3. The third kappa shape index (κ3) is 3.68. The molecule has 2 aliphatic rings. The van der Waals surface area contributed by atoms with Crippen molar-refractivity contribution in [3.8, 4) is 0 Å². The van der Waals surface area contributed by atoms with Gasteiger partial charge in [0.15, 0.2) is 0 Å². The molecule has 1 aliphatic carbocycles. The van der Waals surface area contributed by atoms with Gasteiger partial charge in [0.2, 0.25) is 0 Å². The highest BCUT2D eigenvalue weighted by Gasteiger charge is 2.32. The third-order valence-electron chi connectivity index (χ3n) is 4.75. The van der Waals surface area contributed by atoms with Crippen molar-refractivity contribution in [3.05, 3.63) is 17.0 Å². The number of ether oxygens (including phenoxy) is 1. The summed E-state index contributed by atoms with van der Waals surface area (Å²) in [5.41, 5.74) is 3.43. The smallest absolute Gasteiger partial charge is 0.0826 e. The third-order valence-corrected chi connectivity index (χ3v) is 4.75. The SMILES string of the molecule is Cc1nn(CCO)c(C)c1CNCC1CN(C2CC2)CCO1. The molecule has 1 aromatic heterocycles. The number of aliphatic hydroxyl groups is 1. The summed E-state index contributed by atoms with van der Waals surface area (Å²) in [6.45, 7) is 9.49. The molecule has 1 unspecified atom stereocenters. The average molecular weight is 308 g/mol. The molecule has 0 bridgehead atoms. The molecule has 3 rings (SSSR count). The molecule has 2 heterocycles. The lowest BCUT2D eigenvalue weighted by Gasteiger charge is -2.33. The van der Waals surface area contributed by atoms with Crippen LogP contribution in [0.15, 0.2) is 0 Å². The molecule has 22 heavy (non-hydrogen) atoms. The zero-order valence-electron chi connectivity index (χ0n) is 13.7. The Morgan fingerprint density at radius 3 is 2.91 bits per heavy atom. The molecule has 1 saturated carbocycles. The normalized spacial score (nSPS) is 23.1. The Hall–Kier alpha value is -0.950.